The molecule has 0 aromatic rings. The first-order chi connectivity index (χ1) is 8.30. The zero-order valence-electron chi connectivity index (χ0n) is 11.3. The number of hydrogen-bond acceptors (Lipinski definition) is 4. The first kappa shape index (κ1) is 15.8. The van der Waals surface area contributed by atoms with Gasteiger partial charge in [0.05, 0.1) is 4.99 Å². The molecule has 0 aromatic heterocycles. The van der Waals surface area contributed by atoms with Crippen molar-refractivity contribution in [3.63, 3.8) is 0 Å². The van der Waals surface area contributed by atoms with Gasteiger partial charge in [0.2, 0.25) is 10.0 Å². The molecule has 0 saturated carbocycles. The molecule has 1 rings (SSSR count). The van der Waals surface area contributed by atoms with Crippen molar-refractivity contribution in [3.05, 3.63) is 0 Å². The summed E-state index contributed by atoms with van der Waals surface area (Å²) in [5.74, 6) is 0. The Labute approximate surface area is 115 Å². The van der Waals surface area contributed by atoms with E-state index in [4.69, 9.17) is 18.0 Å². The molecule has 0 spiro atoms. The standard InChI is InChI=1S/C11H23N3O2S2/c1-4-14-7-5-10(6-8-14)13(3)18(15,16)9(2)11(12)17/h9-10H,4-8H2,1-3H3,(H2,12,17). The third-order valence-electron chi connectivity index (χ3n) is 3.77. The van der Waals surface area contributed by atoms with Crippen LogP contribution in [0, 0.1) is 0 Å². The Hall–Kier alpha value is -0.240. The van der Waals surface area contributed by atoms with Crippen molar-refractivity contribution >= 4 is 27.2 Å². The molecule has 0 amide bonds. The predicted molar refractivity (Wildman–Crippen MR) is 78.1 cm³/mol. The van der Waals surface area contributed by atoms with E-state index in [2.05, 4.69) is 11.8 Å². The Bertz CT molecular complexity index is 389. The van der Waals surface area contributed by atoms with Crippen LogP contribution in [0.3, 0.4) is 0 Å². The summed E-state index contributed by atoms with van der Waals surface area (Å²) in [6.45, 7) is 6.59. The predicted octanol–water partition coefficient (Wildman–Crippen LogP) is 0.407. The number of nitrogens with two attached hydrogens (primary N) is 1. The first-order valence-electron chi connectivity index (χ1n) is 6.29. The van der Waals surface area contributed by atoms with E-state index < -0.39 is 15.3 Å². The van der Waals surface area contributed by atoms with E-state index in [-0.39, 0.29) is 11.0 Å². The Balaban J connectivity index is 2.70. The number of nitrogens with zero attached hydrogens (tertiary/aromatic N) is 2. The van der Waals surface area contributed by atoms with Crippen molar-refractivity contribution in [3.8, 4) is 0 Å². The Morgan fingerprint density at radius 3 is 2.39 bits per heavy atom. The van der Waals surface area contributed by atoms with E-state index in [1.165, 1.54) is 4.31 Å². The fourth-order valence-corrected chi connectivity index (χ4v) is 3.99. The van der Waals surface area contributed by atoms with Crippen LogP contribution in [-0.4, -0.2) is 60.6 Å². The van der Waals surface area contributed by atoms with Crippen LogP contribution in [0.1, 0.15) is 26.7 Å². The second-order valence-corrected chi connectivity index (χ2v) is 7.56. The molecule has 1 heterocycles. The van der Waals surface area contributed by atoms with Gasteiger partial charge in [-0.2, -0.15) is 0 Å². The van der Waals surface area contributed by atoms with Crippen LogP contribution in [0.5, 0.6) is 0 Å². The summed E-state index contributed by atoms with van der Waals surface area (Å²) in [4.78, 5) is 2.36. The number of sulfonamides is 1. The van der Waals surface area contributed by atoms with Gasteiger partial charge in [-0.25, -0.2) is 12.7 Å². The molecule has 0 aliphatic carbocycles. The molecular formula is C11H23N3O2S2. The van der Waals surface area contributed by atoms with Gasteiger partial charge in [-0.05, 0) is 39.4 Å². The molecule has 0 aromatic carbocycles. The lowest BCUT2D eigenvalue weighted by Crippen LogP contribution is -2.49. The molecular weight excluding hydrogens is 270 g/mol. The van der Waals surface area contributed by atoms with Crippen molar-refractivity contribution in [1.29, 1.82) is 0 Å². The van der Waals surface area contributed by atoms with Crippen molar-refractivity contribution in [2.24, 2.45) is 5.73 Å². The second kappa shape index (κ2) is 6.27. The van der Waals surface area contributed by atoms with E-state index in [9.17, 15) is 8.42 Å². The van der Waals surface area contributed by atoms with Crippen LogP contribution in [0.25, 0.3) is 0 Å². The molecule has 106 valence electrons. The van der Waals surface area contributed by atoms with Gasteiger partial charge in [0.1, 0.15) is 5.25 Å². The van der Waals surface area contributed by atoms with Gasteiger partial charge >= 0.3 is 0 Å². The first-order valence-corrected chi connectivity index (χ1v) is 8.20. The van der Waals surface area contributed by atoms with Crippen LogP contribution < -0.4 is 5.73 Å². The summed E-state index contributed by atoms with van der Waals surface area (Å²) in [7, 11) is -1.78. The molecule has 0 bridgehead atoms. The minimum atomic E-state index is -3.41. The van der Waals surface area contributed by atoms with Crippen LogP contribution in [0.15, 0.2) is 0 Å². The Morgan fingerprint density at radius 2 is 2.00 bits per heavy atom. The van der Waals surface area contributed by atoms with Gasteiger partial charge in [-0.15, -0.1) is 0 Å². The molecule has 0 radical (unpaired) electrons. The van der Waals surface area contributed by atoms with E-state index in [0.717, 1.165) is 32.5 Å². The zero-order chi connectivity index (χ0) is 13.9. The fraction of sp³-hybridized carbons (Fsp3) is 0.909. The smallest absolute Gasteiger partial charge is 0.223 e. The lowest BCUT2D eigenvalue weighted by Gasteiger charge is -2.36. The average molecular weight is 293 g/mol. The summed E-state index contributed by atoms with van der Waals surface area (Å²) in [6, 6.07) is 0.0644. The van der Waals surface area contributed by atoms with E-state index >= 15 is 0 Å². The van der Waals surface area contributed by atoms with Gasteiger partial charge in [0.15, 0.2) is 0 Å². The monoisotopic (exact) mass is 293 g/mol. The van der Waals surface area contributed by atoms with Crippen LogP contribution in [0.4, 0.5) is 0 Å². The third-order valence-corrected chi connectivity index (χ3v) is 6.52. The maximum Gasteiger partial charge on any atom is 0.223 e. The molecule has 7 heteroatoms. The largest absolute Gasteiger partial charge is 0.392 e. The van der Waals surface area contributed by atoms with E-state index in [1.54, 1.807) is 14.0 Å². The summed E-state index contributed by atoms with van der Waals surface area (Å²) in [5, 5.41) is -0.790. The molecule has 1 saturated heterocycles. The van der Waals surface area contributed by atoms with Gasteiger partial charge in [-0.1, -0.05) is 19.1 Å². The summed E-state index contributed by atoms with van der Waals surface area (Å²) in [6.07, 6.45) is 1.74. The molecule has 1 atom stereocenters. The lowest BCUT2D eigenvalue weighted by molar-refractivity contribution is 0.176. The topological polar surface area (TPSA) is 66.6 Å². The maximum atomic E-state index is 12.3. The highest BCUT2D eigenvalue weighted by atomic mass is 32.2. The number of likely N-dealkylation sites (tertiary alicyclic amines) is 1. The highest BCUT2D eigenvalue weighted by Crippen LogP contribution is 2.20. The summed E-state index contributed by atoms with van der Waals surface area (Å²) in [5.41, 5.74) is 5.45. The van der Waals surface area contributed by atoms with Crippen LogP contribution >= 0.6 is 12.2 Å². The highest BCUT2D eigenvalue weighted by Gasteiger charge is 2.34. The molecule has 1 aliphatic heterocycles. The molecule has 5 nitrogen and oxygen atoms in total. The minimum Gasteiger partial charge on any atom is -0.392 e. The minimum absolute atomic E-state index is 0.0350. The quantitative estimate of drug-likeness (QED) is 0.744. The van der Waals surface area contributed by atoms with E-state index in [1.807, 2.05) is 0 Å². The normalized spacial score (nSPS) is 21.1. The number of rotatable bonds is 5. The van der Waals surface area contributed by atoms with Crippen LogP contribution in [0.2, 0.25) is 0 Å². The molecule has 1 unspecified atom stereocenters. The average Bonchev–Trinajstić information content (AvgIpc) is 2.36. The van der Waals surface area contributed by atoms with Crippen molar-refractivity contribution in [1.82, 2.24) is 9.21 Å². The highest BCUT2D eigenvalue weighted by molar-refractivity contribution is 7.92. The molecule has 1 aliphatic rings. The third kappa shape index (κ3) is 3.40. The van der Waals surface area contributed by atoms with Gasteiger partial charge in [-0.3, -0.25) is 0 Å². The van der Waals surface area contributed by atoms with Crippen molar-refractivity contribution in [2.75, 3.05) is 26.7 Å². The summed E-state index contributed by atoms with van der Waals surface area (Å²) < 4.78 is 26.0. The molecule has 2 N–H and O–H groups in total. The molecule has 18 heavy (non-hydrogen) atoms. The zero-order valence-corrected chi connectivity index (χ0v) is 12.9. The SMILES string of the molecule is CCN1CCC(N(C)S(=O)(=O)C(C)C(N)=S)CC1. The Morgan fingerprint density at radius 1 is 1.50 bits per heavy atom. The summed E-state index contributed by atoms with van der Waals surface area (Å²) >= 11 is 4.79. The van der Waals surface area contributed by atoms with E-state index in [0.29, 0.717) is 0 Å². The molecule has 1 fully saturated rings. The van der Waals surface area contributed by atoms with Crippen LogP contribution in [-0.2, 0) is 10.0 Å². The Kier molecular flexibility index (Phi) is 5.51. The number of piperidine rings is 1. The maximum absolute atomic E-state index is 12.3. The van der Waals surface area contributed by atoms with Gasteiger partial charge in [0, 0.05) is 13.1 Å². The van der Waals surface area contributed by atoms with Crippen molar-refractivity contribution in [2.45, 2.75) is 38.0 Å². The lowest BCUT2D eigenvalue weighted by atomic mass is 10.1. The van der Waals surface area contributed by atoms with Crippen molar-refractivity contribution < 1.29 is 8.42 Å². The second-order valence-electron chi connectivity index (χ2n) is 4.77. The fourth-order valence-electron chi connectivity index (χ4n) is 2.20. The van der Waals surface area contributed by atoms with Gasteiger partial charge in [0.25, 0.3) is 0 Å². The van der Waals surface area contributed by atoms with Gasteiger partial charge < -0.3 is 10.6 Å². The number of thiocarbonyl (C=S) groups is 1. The number of hydrogen-bond donors (Lipinski definition) is 1.